The van der Waals surface area contributed by atoms with Crippen LogP contribution < -0.4 is 5.73 Å². The van der Waals surface area contributed by atoms with Gasteiger partial charge in [0.15, 0.2) is 0 Å². The standard InChI is InChI=1S/C7H10ClN3/c1-4-6(3-9)5(2)11-7(8)10-4/h3,9H2,1-2H3. The Kier molecular flexibility index (Phi) is 2.42. The minimum absolute atomic E-state index is 0.289. The van der Waals surface area contributed by atoms with Gasteiger partial charge in [-0.25, -0.2) is 9.97 Å². The molecular formula is C7H10ClN3. The van der Waals surface area contributed by atoms with Gasteiger partial charge in [0.05, 0.1) is 0 Å². The van der Waals surface area contributed by atoms with Crippen LogP contribution in [-0.2, 0) is 6.54 Å². The third-order valence-corrected chi connectivity index (χ3v) is 1.77. The molecule has 0 saturated carbocycles. The van der Waals surface area contributed by atoms with E-state index in [9.17, 15) is 0 Å². The van der Waals surface area contributed by atoms with Gasteiger partial charge in [-0.15, -0.1) is 0 Å². The maximum atomic E-state index is 5.62. The first-order valence-corrected chi connectivity index (χ1v) is 3.72. The fourth-order valence-corrected chi connectivity index (χ4v) is 1.25. The molecule has 0 fully saturated rings. The smallest absolute Gasteiger partial charge is 0.222 e. The quantitative estimate of drug-likeness (QED) is 0.647. The van der Waals surface area contributed by atoms with Gasteiger partial charge in [-0.3, -0.25) is 0 Å². The number of aromatic nitrogens is 2. The van der Waals surface area contributed by atoms with Crippen molar-refractivity contribution in [1.29, 1.82) is 0 Å². The Morgan fingerprint density at radius 3 is 2.09 bits per heavy atom. The molecule has 0 unspecified atom stereocenters. The van der Waals surface area contributed by atoms with Crippen molar-refractivity contribution < 1.29 is 0 Å². The highest BCUT2D eigenvalue weighted by Gasteiger charge is 2.04. The third kappa shape index (κ3) is 1.67. The fraction of sp³-hybridized carbons (Fsp3) is 0.429. The number of hydrogen-bond donors (Lipinski definition) is 1. The Balaban J connectivity index is 3.25. The van der Waals surface area contributed by atoms with Gasteiger partial charge in [-0.1, -0.05) is 0 Å². The van der Waals surface area contributed by atoms with Crippen molar-refractivity contribution in [2.45, 2.75) is 20.4 Å². The summed E-state index contributed by atoms with van der Waals surface area (Å²) in [5, 5.41) is 0.289. The Morgan fingerprint density at radius 2 is 1.73 bits per heavy atom. The van der Waals surface area contributed by atoms with E-state index in [2.05, 4.69) is 9.97 Å². The largest absolute Gasteiger partial charge is 0.326 e. The zero-order chi connectivity index (χ0) is 8.43. The molecule has 0 amide bonds. The molecule has 0 radical (unpaired) electrons. The Labute approximate surface area is 70.6 Å². The number of aryl methyl sites for hydroxylation is 2. The second kappa shape index (κ2) is 3.15. The van der Waals surface area contributed by atoms with E-state index in [1.165, 1.54) is 0 Å². The molecule has 0 spiro atoms. The molecule has 0 atom stereocenters. The number of nitrogens with zero attached hydrogens (tertiary/aromatic N) is 2. The van der Waals surface area contributed by atoms with Gasteiger partial charge in [0.1, 0.15) is 0 Å². The minimum Gasteiger partial charge on any atom is -0.326 e. The number of nitrogens with two attached hydrogens (primary N) is 1. The molecule has 1 aromatic rings. The van der Waals surface area contributed by atoms with Gasteiger partial charge in [0.25, 0.3) is 0 Å². The summed E-state index contributed by atoms with van der Waals surface area (Å²) in [6.45, 7) is 4.22. The van der Waals surface area contributed by atoms with Crippen LogP contribution in [0, 0.1) is 13.8 Å². The molecule has 0 aliphatic rings. The summed E-state index contributed by atoms with van der Waals surface area (Å²) in [6.07, 6.45) is 0. The molecule has 1 aromatic heterocycles. The van der Waals surface area contributed by atoms with E-state index in [0.29, 0.717) is 6.54 Å². The average Bonchev–Trinajstić information content (AvgIpc) is 1.85. The molecule has 4 heteroatoms. The first-order valence-electron chi connectivity index (χ1n) is 3.35. The van der Waals surface area contributed by atoms with E-state index >= 15 is 0 Å². The highest BCUT2D eigenvalue weighted by Crippen LogP contribution is 2.11. The predicted molar refractivity (Wildman–Crippen MR) is 44.4 cm³/mol. The lowest BCUT2D eigenvalue weighted by atomic mass is 10.2. The molecule has 0 bridgehead atoms. The van der Waals surface area contributed by atoms with Gasteiger partial charge in [0, 0.05) is 23.5 Å². The molecule has 0 aromatic carbocycles. The fourth-order valence-electron chi connectivity index (χ4n) is 0.994. The first-order chi connectivity index (χ1) is 5.15. The molecule has 3 nitrogen and oxygen atoms in total. The maximum Gasteiger partial charge on any atom is 0.222 e. The summed E-state index contributed by atoms with van der Waals surface area (Å²) in [5.74, 6) is 0. The SMILES string of the molecule is Cc1nc(Cl)nc(C)c1CN. The molecule has 1 heterocycles. The Hall–Kier alpha value is -0.670. The molecule has 0 aliphatic carbocycles. The van der Waals surface area contributed by atoms with Gasteiger partial charge in [-0.2, -0.15) is 0 Å². The van der Waals surface area contributed by atoms with E-state index in [4.69, 9.17) is 17.3 Å². The van der Waals surface area contributed by atoms with Crippen molar-refractivity contribution in [2.24, 2.45) is 5.73 Å². The molecule has 0 aliphatic heterocycles. The van der Waals surface area contributed by atoms with Crippen LogP contribution >= 0.6 is 11.6 Å². The van der Waals surface area contributed by atoms with E-state index < -0.39 is 0 Å². The topological polar surface area (TPSA) is 51.8 Å². The summed E-state index contributed by atoms with van der Waals surface area (Å²) in [4.78, 5) is 7.96. The van der Waals surface area contributed by atoms with Crippen molar-refractivity contribution in [2.75, 3.05) is 0 Å². The van der Waals surface area contributed by atoms with E-state index in [-0.39, 0.29) is 5.28 Å². The van der Waals surface area contributed by atoms with Crippen LogP contribution in [0.15, 0.2) is 0 Å². The Morgan fingerprint density at radius 1 is 1.27 bits per heavy atom. The summed E-state index contributed by atoms with van der Waals surface area (Å²) < 4.78 is 0. The van der Waals surface area contributed by atoms with Crippen LogP contribution in [0.2, 0.25) is 5.28 Å². The van der Waals surface area contributed by atoms with Crippen molar-refractivity contribution in [3.63, 3.8) is 0 Å². The predicted octanol–water partition coefficient (Wildman–Crippen LogP) is 1.21. The van der Waals surface area contributed by atoms with Gasteiger partial charge in [0.2, 0.25) is 5.28 Å². The second-order valence-electron chi connectivity index (χ2n) is 2.35. The lowest BCUT2D eigenvalue weighted by Crippen LogP contribution is -2.05. The molecular weight excluding hydrogens is 162 g/mol. The van der Waals surface area contributed by atoms with Crippen molar-refractivity contribution in [3.05, 3.63) is 22.2 Å². The van der Waals surface area contributed by atoms with Crippen LogP contribution in [0.1, 0.15) is 17.0 Å². The summed E-state index contributed by atoms with van der Waals surface area (Å²) in [7, 11) is 0. The lowest BCUT2D eigenvalue weighted by molar-refractivity contribution is 0.933. The Bertz CT molecular complexity index is 249. The van der Waals surface area contributed by atoms with Gasteiger partial charge >= 0.3 is 0 Å². The van der Waals surface area contributed by atoms with Crippen molar-refractivity contribution >= 4 is 11.6 Å². The highest BCUT2D eigenvalue weighted by molar-refractivity contribution is 6.28. The minimum atomic E-state index is 0.289. The third-order valence-electron chi connectivity index (χ3n) is 1.60. The van der Waals surface area contributed by atoms with Crippen molar-refractivity contribution in [3.8, 4) is 0 Å². The van der Waals surface area contributed by atoms with E-state index in [0.717, 1.165) is 17.0 Å². The van der Waals surface area contributed by atoms with Crippen LogP contribution in [-0.4, -0.2) is 9.97 Å². The average molecular weight is 172 g/mol. The van der Waals surface area contributed by atoms with Gasteiger partial charge in [-0.05, 0) is 25.4 Å². The van der Waals surface area contributed by atoms with Gasteiger partial charge < -0.3 is 5.73 Å². The maximum absolute atomic E-state index is 5.62. The zero-order valence-electron chi connectivity index (χ0n) is 6.56. The van der Waals surface area contributed by atoms with E-state index in [1.54, 1.807) is 0 Å². The molecule has 1 rings (SSSR count). The second-order valence-corrected chi connectivity index (χ2v) is 2.68. The lowest BCUT2D eigenvalue weighted by Gasteiger charge is -2.04. The van der Waals surface area contributed by atoms with E-state index in [1.807, 2.05) is 13.8 Å². The van der Waals surface area contributed by atoms with Crippen LogP contribution in [0.3, 0.4) is 0 Å². The summed E-state index contributed by atoms with van der Waals surface area (Å²) in [6, 6.07) is 0. The van der Waals surface area contributed by atoms with Crippen molar-refractivity contribution in [1.82, 2.24) is 9.97 Å². The first kappa shape index (κ1) is 8.43. The van der Waals surface area contributed by atoms with Crippen LogP contribution in [0.5, 0.6) is 0 Å². The molecule has 60 valence electrons. The summed E-state index contributed by atoms with van der Waals surface area (Å²) >= 11 is 5.62. The van der Waals surface area contributed by atoms with Crippen LogP contribution in [0.25, 0.3) is 0 Å². The number of halogens is 1. The van der Waals surface area contributed by atoms with Crippen LogP contribution in [0.4, 0.5) is 0 Å². The monoisotopic (exact) mass is 171 g/mol. The number of rotatable bonds is 1. The molecule has 0 saturated heterocycles. The number of hydrogen-bond acceptors (Lipinski definition) is 3. The molecule has 11 heavy (non-hydrogen) atoms. The normalized spacial score (nSPS) is 10.2. The summed E-state index contributed by atoms with van der Waals surface area (Å²) in [5.41, 5.74) is 8.19. The highest BCUT2D eigenvalue weighted by atomic mass is 35.5. The molecule has 2 N–H and O–H groups in total. The zero-order valence-corrected chi connectivity index (χ0v) is 7.31.